The number of carbonyl (C=O) groups excluding carboxylic acids is 3. The van der Waals surface area contributed by atoms with Crippen LogP contribution in [0.2, 0.25) is 0 Å². The molecule has 6 heteroatoms. The van der Waals surface area contributed by atoms with Gasteiger partial charge in [0.25, 0.3) is 0 Å². The Morgan fingerprint density at radius 1 is 0.257 bits per heavy atom. The van der Waals surface area contributed by atoms with Crippen LogP contribution in [-0.4, -0.2) is 37.2 Å². The standard InChI is InChI=1S/C68H128O6/c1-4-7-10-13-16-19-22-25-28-31-33-34-36-37-40-43-46-49-52-55-58-61-67(70)73-64-65(63-72-66(69)60-57-54-51-48-45-42-39-30-27-24-21-18-15-12-9-6-3)74-68(71)62-59-56-53-50-47-44-41-38-35-32-29-26-23-20-17-14-11-8-5-2/h26,29-30,39,65H,4-25,27-28,31-38,40-64H2,1-3H3/b29-26-,39-30-. The third-order valence-corrected chi connectivity index (χ3v) is 15.2. The molecule has 74 heavy (non-hydrogen) atoms. The predicted molar refractivity (Wildman–Crippen MR) is 321 cm³/mol. The highest BCUT2D eigenvalue weighted by Crippen LogP contribution is 2.18. The minimum Gasteiger partial charge on any atom is -0.462 e. The Morgan fingerprint density at radius 3 is 0.676 bits per heavy atom. The zero-order valence-electron chi connectivity index (χ0n) is 50.1. The van der Waals surface area contributed by atoms with Gasteiger partial charge in [0, 0.05) is 19.3 Å². The van der Waals surface area contributed by atoms with Gasteiger partial charge in [0.2, 0.25) is 0 Å². The van der Waals surface area contributed by atoms with Crippen LogP contribution in [0.5, 0.6) is 0 Å². The highest BCUT2D eigenvalue weighted by Gasteiger charge is 2.19. The smallest absolute Gasteiger partial charge is 0.306 e. The minimum absolute atomic E-state index is 0.0694. The molecule has 1 atom stereocenters. The van der Waals surface area contributed by atoms with Gasteiger partial charge in [0.15, 0.2) is 6.10 Å². The Morgan fingerprint density at radius 2 is 0.446 bits per heavy atom. The monoisotopic (exact) mass is 1040 g/mol. The highest BCUT2D eigenvalue weighted by molar-refractivity contribution is 5.71. The molecule has 0 amide bonds. The maximum Gasteiger partial charge on any atom is 0.306 e. The normalized spacial score (nSPS) is 12.1. The number of allylic oxidation sites excluding steroid dienone is 4. The maximum atomic E-state index is 12.9. The molecule has 0 radical (unpaired) electrons. The van der Waals surface area contributed by atoms with Crippen molar-refractivity contribution in [3.8, 4) is 0 Å². The van der Waals surface area contributed by atoms with Gasteiger partial charge in [0.05, 0.1) is 0 Å². The topological polar surface area (TPSA) is 78.9 Å². The molecular formula is C68H128O6. The summed E-state index contributed by atoms with van der Waals surface area (Å²) >= 11 is 0. The first-order valence-corrected chi connectivity index (χ1v) is 33.3. The third-order valence-electron chi connectivity index (χ3n) is 15.2. The molecule has 0 fully saturated rings. The average Bonchev–Trinajstić information content (AvgIpc) is 3.40. The van der Waals surface area contributed by atoms with Crippen molar-refractivity contribution in [3.05, 3.63) is 24.3 Å². The van der Waals surface area contributed by atoms with E-state index in [4.69, 9.17) is 14.2 Å². The molecule has 0 aromatic carbocycles. The van der Waals surface area contributed by atoms with Crippen molar-refractivity contribution in [1.29, 1.82) is 0 Å². The van der Waals surface area contributed by atoms with Gasteiger partial charge in [-0.25, -0.2) is 0 Å². The minimum atomic E-state index is -0.773. The zero-order chi connectivity index (χ0) is 53.6. The van der Waals surface area contributed by atoms with Crippen molar-refractivity contribution in [3.63, 3.8) is 0 Å². The molecule has 436 valence electrons. The van der Waals surface area contributed by atoms with E-state index < -0.39 is 6.10 Å². The van der Waals surface area contributed by atoms with Crippen LogP contribution in [0.15, 0.2) is 24.3 Å². The van der Waals surface area contributed by atoms with E-state index >= 15 is 0 Å². The molecule has 0 aliphatic rings. The lowest BCUT2D eigenvalue weighted by atomic mass is 10.0. The van der Waals surface area contributed by atoms with Crippen molar-refractivity contribution in [1.82, 2.24) is 0 Å². The van der Waals surface area contributed by atoms with E-state index in [0.717, 1.165) is 64.2 Å². The number of esters is 3. The first-order valence-electron chi connectivity index (χ1n) is 33.3. The molecule has 0 aliphatic carbocycles. The summed E-state index contributed by atoms with van der Waals surface area (Å²) in [5.74, 6) is -0.851. The van der Waals surface area contributed by atoms with E-state index in [1.54, 1.807) is 0 Å². The third kappa shape index (κ3) is 60.8. The Hall–Kier alpha value is -2.11. The Balaban J connectivity index is 4.31. The fourth-order valence-corrected chi connectivity index (χ4v) is 10.1. The lowest BCUT2D eigenvalue weighted by Crippen LogP contribution is -2.30. The van der Waals surface area contributed by atoms with Crippen molar-refractivity contribution in [2.24, 2.45) is 0 Å². The highest BCUT2D eigenvalue weighted by atomic mass is 16.6. The van der Waals surface area contributed by atoms with Crippen molar-refractivity contribution < 1.29 is 28.6 Å². The fraction of sp³-hybridized carbons (Fsp3) is 0.897. The van der Waals surface area contributed by atoms with Gasteiger partial charge in [-0.1, -0.05) is 308 Å². The summed E-state index contributed by atoms with van der Waals surface area (Å²) < 4.78 is 17.0. The molecule has 0 bridgehead atoms. The number of carbonyl (C=O) groups is 3. The maximum absolute atomic E-state index is 12.9. The second kappa shape index (κ2) is 63.4. The van der Waals surface area contributed by atoms with Crippen LogP contribution in [0.3, 0.4) is 0 Å². The van der Waals surface area contributed by atoms with E-state index in [1.807, 2.05) is 0 Å². The summed E-state index contributed by atoms with van der Waals surface area (Å²) in [4.78, 5) is 38.4. The lowest BCUT2D eigenvalue weighted by Gasteiger charge is -2.18. The number of rotatable bonds is 62. The molecule has 0 rings (SSSR count). The summed E-state index contributed by atoms with van der Waals surface area (Å²) in [6, 6.07) is 0. The first kappa shape index (κ1) is 71.9. The predicted octanol–water partition coefficient (Wildman–Crippen LogP) is 22.6. The number of hydrogen-bond donors (Lipinski definition) is 0. The largest absolute Gasteiger partial charge is 0.462 e. The first-order chi connectivity index (χ1) is 36.5. The van der Waals surface area contributed by atoms with Crippen molar-refractivity contribution in [2.45, 2.75) is 380 Å². The van der Waals surface area contributed by atoms with Gasteiger partial charge >= 0.3 is 17.9 Å². The van der Waals surface area contributed by atoms with E-state index in [0.29, 0.717) is 19.3 Å². The van der Waals surface area contributed by atoms with E-state index in [1.165, 1.54) is 270 Å². The van der Waals surface area contributed by atoms with Gasteiger partial charge in [0.1, 0.15) is 13.2 Å². The molecule has 0 saturated carbocycles. The summed E-state index contributed by atoms with van der Waals surface area (Å²) in [7, 11) is 0. The molecule has 0 aromatic rings. The van der Waals surface area contributed by atoms with Crippen LogP contribution in [0.1, 0.15) is 374 Å². The van der Waals surface area contributed by atoms with Crippen LogP contribution < -0.4 is 0 Å². The Bertz CT molecular complexity index is 1190. The molecule has 0 spiro atoms. The average molecular weight is 1040 g/mol. The Labute approximate surface area is 462 Å². The number of unbranched alkanes of at least 4 members (excludes halogenated alkanes) is 47. The fourth-order valence-electron chi connectivity index (χ4n) is 10.1. The van der Waals surface area contributed by atoms with Gasteiger partial charge in [-0.15, -0.1) is 0 Å². The summed E-state index contributed by atoms with van der Waals surface area (Å²) in [6.07, 6.45) is 76.2. The summed E-state index contributed by atoms with van der Waals surface area (Å²) in [5, 5.41) is 0. The number of hydrogen-bond acceptors (Lipinski definition) is 6. The molecule has 6 nitrogen and oxygen atoms in total. The van der Waals surface area contributed by atoms with Crippen LogP contribution in [0.25, 0.3) is 0 Å². The van der Waals surface area contributed by atoms with Gasteiger partial charge in [-0.2, -0.15) is 0 Å². The lowest BCUT2D eigenvalue weighted by molar-refractivity contribution is -0.167. The van der Waals surface area contributed by atoms with Crippen molar-refractivity contribution >= 4 is 17.9 Å². The molecule has 0 N–H and O–H groups in total. The molecule has 1 unspecified atom stereocenters. The van der Waals surface area contributed by atoms with Gasteiger partial charge < -0.3 is 14.2 Å². The SMILES string of the molecule is CCCCCCCC/C=C\CCCCCCCCCCCC(=O)OC(COC(=O)CCCCCCC/C=C\CCCCCCCCC)COC(=O)CCCCCCCCCCCCCCCCCCCCCCC. The second-order valence-corrected chi connectivity index (χ2v) is 22.7. The molecular weight excluding hydrogens is 913 g/mol. The summed E-state index contributed by atoms with van der Waals surface area (Å²) in [6.45, 7) is 6.70. The van der Waals surface area contributed by atoms with Crippen LogP contribution >= 0.6 is 0 Å². The zero-order valence-corrected chi connectivity index (χ0v) is 50.1. The van der Waals surface area contributed by atoms with Gasteiger partial charge in [-0.3, -0.25) is 14.4 Å². The van der Waals surface area contributed by atoms with E-state index in [9.17, 15) is 14.4 Å². The number of ether oxygens (including phenoxy) is 3. The molecule has 0 aromatic heterocycles. The molecule has 0 saturated heterocycles. The second-order valence-electron chi connectivity index (χ2n) is 22.7. The molecule has 0 heterocycles. The van der Waals surface area contributed by atoms with Crippen LogP contribution in [0.4, 0.5) is 0 Å². The van der Waals surface area contributed by atoms with E-state index in [2.05, 4.69) is 45.1 Å². The van der Waals surface area contributed by atoms with E-state index in [-0.39, 0.29) is 31.1 Å². The van der Waals surface area contributed by atoms with Gasteiger partial charge in [-0.05, 0) is 70.6 Å². The Kier molecular flexibility index (Phi) is 61.6. The summed E-state index contributed by atoms with van der Waals surface area (Å²) in [5.41, 5.74) is 0. The van der Waals surface area contributed by atoms with Crippen molar-refractivity contribution in [2.75, 3.05) is 13.2 Å². The van der Waals surface area contributed by atoms with Crippen LogP contribution in [-0.2, 0) is 28.6 Å². The molecule has 0 aliphatic heterocycles. The van der Waals surface area contributed by atoms with Crippen LogP contribution in [0, 0.1) is 0 Å². The quantitative estimate of drug-likeness (QED) is 0.0261.